The maximum Gasteiger partial charge on any atom is 0.261 e. The number of fused-ring (bicyclic) bond motifs is 1. The van der Waals surface area contributed by atoms with Crippen molar-refractivity contribution in [3.63, 3.8) is 0 Å². The largest absolute Gasteiger partial charge is 0.291 e. The first-order valence-corrected chi connectivity index (χ1v) is 6.64. The highest BCUT2D eigenvalue weighted by Gasteiger charge is 2.48. The van der Waals surface area contributed by atoms with Crippen molar-refractivity contribution < 1.29 is 0 Å². The lowest BCUT2D eigenvalue weighted by Crippen LogP contribution is -2.25. The van der Waals surface area contributed by atoms with Crippen molar-refractivity contribution in [2.24, 2.45) is 5.41 Å². The van der Waals surface area contributed by atoms with Crippen LogP contribution >= 0.6 is 11.6 Å². The fraction of sp³-hybridized carbons (Fsp3) is 0.429. The summed E-state index contributed by atoms with van der Waals surface area (Å²) in [5.74, 6) is 0.947. The molecule has 1 saturated carbocycles. The van der Waals surface area contributed by atoms with E-state index in [-0.39, 0.29) is 22.9 Å². The summed E-state index contributed by atoms with van der Waals surface area (Å²) in [7, 11) is 0. The maximum absolute atomic E-state index is 12.5. The van der Waals surface area contributed by atoms with E-state index >= 15 is 0 Å². The Morgan fingerprint density at radius 3 is 2.72 bits per heavy atom. The van der Waals surface area contributed by atoms with E-state index in [9.17, 15) is 4.79 Å². The zero-order valence-corrected chi connectivity index (χ0v) is 11.2. The Hall–Kier alpha value is -1.35. The number of nitrogens with zero attached hydrogens (tertiary/aromatic N) is 2. The predicted molar refractivity (Wildman–Crippen MR) is 73.0 cm³/mol. The monoisotopic (exact) mass is 262 g/mol. The molecule has 1 unspecified atom stereocenters. The van der Waals surface area contributed by atoms with E-state index in [4.69, 9.17) is 11.6 Å². The minimum atomic E-state index is 0.0341. The third kappa shape index (κ3) is 1.65. The van der Waals surface area contributed by atoms with Gasteiger partial charge in [-0.05, 0) is 24.0 Å². The first-order chi connectivity index (χ1) is 8.54. The van der Waals surface area contributed by atoms with Crippen LogP contribution in [0.3, 0.4) is 0 Å². The van der Waals surface area contributed by atoms with Gasteiger partial charge in [-0.3, -0.25) is 9.36 Å². The Bertz CT molecular complexity index is 675. The fourth-order valence-corrected chi connectivity index (χ4v) is 2.68. The van der Waals surface area contributed by atoms with Crippen LogP contribution in [-0.4, -0.2) is 9.55 Å². The molecule has 0 saturated heterocycles. The molecule has 1 aromatic carbocycles. The first kappa shape index (κ1) is 11.7. The third-order valence-corrected chi connectivity index (χ3v) is 4.01. The van der Waals surface area contributed by atoms with E-state index in [0.717, 1.165) is 11.9 Å². The molecule has 18 heavy (non-hydrogen) atoms. The van der Waals surface area contributed by atoms with Gasteiger partial charge in [-0.2, -0.15) is 0 Å². The molecule has 1 aliphatic carbocycles. The van der Waals surface area contributed by atoms with Crippen molar-refractivity contribution in [1.82, 2.24) is 9.55 Å². The normalized spacial score (nSPS) is 21.2. The molecule has 0 N–H and O–H groups in total. The summed E-state index contributed by atoms with van der Waals surface area (Å²) in [5, 5.41) is 0.675. The van der Waals surface area contributed by atoms with Gasteiger partial charge >= 0.3 is 0 Å². The van der Waals surface area contributed by atoms with Gasteiger partial charge in [-0.1, -0.05) is 26.0 Å². The van der Waals surface area contributed by atoms with Crippen LogP contribution in [0.5, 0.6) is 0 Å². The van der Waals surface area contributed by atoms with Crippen LogP contribution in [0.4, 0.5) is 0 Å². The van der Waals surface area contributed by atoms with Crippen LogP contribution in [0.1, 0.15) is 32.1 Å². The van der Waals surface area contributed by atoms with Crippen LogP contribution < -0.4 is 5.56 Å². The lowest BCUT2D eigenvalue weighted by Gasteiger charge is -2.13. The molecule has 2 aromatic rings. The lowest BCUT2D eigenvalue weighted by atomic mass is 10.2. The molecule has 94 valence electrons. The molecular formula is C14H15ClN2O. The zero-order chi connectivity index (χ0) is 12.9. The van der Waals surface area contributed by atoms with Gasteiger partial charge in [0.15, 0.2) is 0 Å². The van der Waals surface area contributed by atoms with Crippen molar-refractivity contribution >= 4 is 22.5 Å². The highest BCUT2D eigenvalue weighted by Crippen LogP contribution is 2.55. The average Bonchev–Trinajstić information content (AvgIpc) is 2.97. The van der Waals surface area contributed by atoms with Crippen molar-refractivity contribution in [2.75, 3.05) is 0 Å². The van der Waals surface area contributed by atoms with Crippen molar-refractivity contribution in [1.29, 1.82) is 0 Å². The first-order valence-electron chi connectivity index (χ1n) is 6.11. The van der Waals surface area contributed by atoms with Crippen LogP contribution in [-0.2, 0) is 5.88 Å². The number of hydrogen-bond donors (Lipinski definition) is 0. The maximum atomic E-state index is 12.5. The van der Waals surface area contributed by atoms with E-state index in [1.807, 2.05) is 24.3 Å². The molecule has 1 heterocycles. The van der Waals surface area contributed by atoms with E-state index in [2.05, 4.69) is 18.8 Å². The summed E-state index contributed by atoms with van der Waals surface area (Å²) in [6.45, 7) is 4.33. The molecule has 1 aromatic heterocycles. The quantitative estimate of drug-likeness (QED) is 0.780. The third-order valence-electron chi connectivity index (χ3n) is 3.77. The summed E-state index contributed by atoms with van der Waals surface area (Å²) in [6, 6.07) is 7.67. The molecule has 0 bridgehead atoms. The topological polar surface area (TPSA) is 34.9 Å². The molecule has 1 atom stereocenters. The second-order valence-corrected chi connectivity index (χ2v) is 5.83. The molecule has 1 aliphatic rings. The number of alkyl halides is 1. The predicted octanol–water partition coefficient (Wildman–Crippen LogP) is 3.11. The Morgan fingerprint density at radius 1 is 1.44 bits per heavy atom. The molecule has 1 fully saturated rings. The second kappa shape index (κ2) is 3.82. The standard InChI is InChI=1S/C14H15ClN2O/c1-14(2)7-11(14)17-12(8-15)16-10-6-4-3-5-9(10)13(17)18/h3-6,11H,7-8H2,1-2H3. The zero-order valence-electron chi connectivity index (χ0n) is 10.5. The van der Waals surface area contributed by atoms with Gasteiger partial charge in [0.25, 0.3) is 5.56 Å². The van der Waals surface area contributed by atoms with Gasteiger partial charge in [-0.25, -0.2) is 4.98 Å². The number of hydrogen-bond acceptors (Lipinski definition) is 2. The molecule has 0 radical (unpaired) electrons. The van der Waals surface area contributed by atoms with Gasteiger partial charge in [0.2, 0.25) is 0 Å². The van der Waals surface area contributed by atoms with E-state index in [0.29, 0.717) is 11.2 Å². The van der Waals surface area contributed by atoms with Gasteiger partial charge in [0, 0.05) is 6.04 Å². The van der Waals surface area contributed by atoms with E-state index < -0.39 is 0 Å². The summed E-state index contributed by atoms with van der Waals surface area (Å²) in [6.07, 6.45) is 1.01. The van der Waals surface area contributed by atoms with E-state index in [1.54, 1.807) is 4.57 Å². The Morgan fingerprint density at radius 2 is 2.11 bits per heavy atom. The highest BCUT2D eigenvalue weighted by atomic mass is 35.5. The minimum absolute atomic E-state index is 0.0341. The van der Waals surface area contributed by atoms with Gasteiger partial charge < -0.3 is 0 Å². The molecule has 3 rings (SSSR count). The number of aromatic nitrogens is 2. The summed E-state index contributed by atoms with van der Waals surface area (Å²) < 4.78 is 1.79. The Kier molecular flexibility index (Phi) is 2.49. The van der Waals surface area contributed by atoms with E-state index in [1.165, 1.54) is 0 Å². The number of benzene rings is 1. The Balaban J connectivity index is 2.30. The molecule has 0 amide bonds. The summed E-state index contributed by atoms with van der Waals surface area (Å²) >= 11 is 5.95. The van der Waals surface area contributed by atoms with Crippen molar-refractivity contribution in [2.45, 2.75) is 32.2 Å². The van der Waals surface area contributed by atoms with Crippen LogP contribution in [0.2, 0.25) is 0 Å². The van der Waals surface area contributed by atoms with Crippen LogP contribution in [0, 0.1) is 5.41 Å². The molecule has 0 aliphatic heterocycles. The minimum Gasteiger partial charge on any atom is -0.291 e. The van der Waals surface area contributed by atoms with Crippen molar-refractivity contribution in [3.05, 3.63) is 40.4 Å². The second-order valence-electron chi connectivity index (χ2n) is 5.56. The molecular weight excluding hydrogens is 248 g/mol. The lowest BCUT2D eigenvalue weighted by molar-refractivity contribution is 0.517. The summed E-state index contributed by atoms with van der Waals surface area (Å²) in [4.78, 5) is 17.1. The molecule has 4 heteroatoms. The number of rotatable bonds is 2. The van der Waals surface area contributed by atoms with Crippen LogP contribution in [0.15, 0.2) is 29.1 Å². The fourth-order valence-electron chi connectivity index (χ4n) is 2.49. The van der Waals surface area contributed by atoms with Gasteiger partial charge in [0.1, 0.15) is 5.82 Å². The SMILES string of the molecule is CC1(C)CC1n1c(CCl)nc2ccccc2c1=O. The Labute approximate surface area is 110 Å². The van der Waals surface area contributed by atoms with Gasteiger partial charge in [0.05, 0.1) is 16.8 Å². The van der Waals surface area contributed by atoms with Gasteiger partial charge in [-0.15, -0.1) is 11.6 Å². The average molecular weight is 263 g/mol. The molecule has 0 spiro atoms. The van der Waals surface area contributed by atoms with Crippen LogP contribution in [0.25, 0.3) is 10.9 Å². The van der Waals surface area contributed by atoms with Crippen molar-refractivity contribution in [3.8, 4) is 0 Å². The molecule has 3 nitrogen and oxygen atoms in total. The summed E-state index contributed by atoms with van der Waals surface area (Å²) in [5.41, 5.74) is 0.939. The number of para-hydroxylation sites is 1. The smallest absolute Gasteiger partial charge is 0.261 e. The number of halogens is 1. The highest BCUT2D eigenvalue weighted by molar-refractivity contribution is 6.16.